The number of hydrogen-bond acceptors (Lipinski definition) is 3. The number of rotatable bonds is 4. The molecule has 0 saturated heterocycles. The Morgan fingerprint density at radius 2 is 2.00 bits per heavy atom. The van der Waals surface area contributed by atoms with Crippen molar-refractivity contribution in [1.29, 1.82) is 0 Å². The zero-order valence-corrected chi connectivity index (χ0v) is 10.6. The zero-order chi connectivity index (χ0) is 12.0. The van der Waals surface area contributed by atoms with Crippen molar-refractivity contribution in [2.24, 2.45) is 22.6 Å². The molecular formula is C13H22N2O. The minimum absolute atomic E-state index is 0.288. The number of nitrogens with one attached hydrogen (secondary N) is 1. The summed E-state index contributed by atoms with van der Waals surface area (Å²) < 4.78 is 5.38. The van der Waals surface area contributed by atoms with E-state index in [0.29, 0.717) is 16.7 Å². The van der Waals surface area contributed by atoms with Crippen LogP contribution in [0.25, 0.3) is 0 Å². The molecule has 0 aromatic carbocycles. The summed E-state index contributed by atoms with van der Waals surface area (Å²) in [6, 6.07) is 4.22. The van der Waals surface area contributed by atoms with Crippen LogP contribution in [-0.4, -0.2) is 6.04 Å². The number of hydrogen-bond donors (Lipinski definition) is 2. The van der Waals surface area contributed by atoms with Gasteiger partial charge in [0.2, 0.25) is 0 Å². The Morgan fingerprint density at radius 3 is 2.38 bits per heavy atom. The van der Waals surface area contributed by atoms with E-state index in [4.69, 9.17) is 10.3 Å². The number of furan rings is 1. The van der Waals surface area contributed by atoms with Crippen LogP contribution in [0.15, 0.2) is 22.8 Å². The van der Waals surface area contributed by atoms with E-state index in [1.54, 1.807) is 6.26 Å². The summed E-state index contributed by atoms with van der Waals surface area (Å²) in [6.45, 7) is 9.24. The van der Waals surface area contributed by atoms with E-state index >= 15 is 0 Å². The quantitative estimate of drug-likeness (QED) is 0.607. The topological polar surface area (TPSA) is 51.2 Å². The van der Waals surface area contributed by atoms with Crippen LogP contribution in [0.3, 0.4) is 0 Å². The molecule has 0 radical (unpaired) electrons. The molecule has 1 fully saturated rings. The molecule has 1 aromatic rings. The standard InChI is InChI=1S/C13H22N2O/c1-12(2)11(13(12,3)4)10(15-14)8-9-6-5-7-16-9/h5-7,10-11,15H,8,14H2,1-4H3. The first kappa shape index (κ1) is 11.7. The summed E-state index contributed by atoms with van der Waals surface area (Å²) in [5.41, 5.74) is 3.64. The molecule has 3 heteroatoms. The smallest absolute Gasteiger partial charge is 0.105 e. The first-order valence-corrected chi connectivity index (χ1v) is 5.90. The molecule has 0 amide bonds. The second kappa shape index (κ2) is 3.60. The second-order valence-electron chi connectivity index (χ2n) is 5.98. The van der Waals surface area contributed by atoms with Crippen LogP contribution in [0.4, 0.5) is 0 Å². The van der Waals surface area contributed by atoms with Gasteiger partial charge in [-0.25, -0.2) is 0 Å². The maximum Gasteiger partial charge on any atom is 0.105 e. The van der Waals surface area contributed by atoms with Crippen molar-refractivity contribution in [1.82, 2.24) is 5.43 Å². The average Bonchev–Trinajstić information content (AvgIpc) is 2.63. The summed E-state index contributed by atoms with van der Waals surface area (Å²) in [7, 11) is 0. The van der Waals surface area contributed by atoms with Crippen molar-refractivity contribution in [2.75, 3.05) is 0 Å². The van der Waals surface area contributed by atoms with Crippen LogP contribution in [0, 0.1) is 16.7 Å². The van der Waals surface area contributed by atoms with Crippen LogP contribution in [0.1, 0.15) is 33.5 Å². The molecule has 0 spiro atoms. The molecule has 90 valence electrons. The maximum absolute atomic E-state index is 5.68. The molecule has 1 aliphatic rings. The predicted octanol–water partition coefficient (Wildman–Crippen LogP) is 2.34. The van der Waals surface area contributed by atoms with Gasteiger partial charge in [0.05, 0.1) is 6.26 Å². The lowest BCUT2D eigenvalue weighted by atomic mass is 10.0. The van der Waals surface area contributed by atoms with E-state index in [1.807, 2.05) is 12.1 Å². The summed E-state index contributed by atoms with van der Waals surface area (Å²) >= 11 is 0. The fourth-order valence-electron chi connectivity index (χ4n) is 3.17. The molecule has 3 nitrogen and oxygen atoms in total. The van der Waals surface area contributed by atoms with Gasteiger partial charge in [-0.1, -0.05) is 27.7 Å². The molecule has 1 aromatic heterocycles. The van der Waals surface area contributed by atoms with E-state index in [0.717, 1.165) is 12.2 Å². The third-order valence-corrected chi connectivity index (χ3v) is 4.75. The van der Waals surface area contributed by atoms with Gasteiger partial charge in [0.25, 0.3) is 0 Å². The minimum Gasteiger partial charge on any atom is -0.469 e. The first-order valence-electron chi connectivity index (χ1n) is 5.90. The van der Waals surface area contributed by atoms with Gasteiger partial charge in [-0.15, -0.1) is 0 Å². The number of nitrogens with two attached hydrogens (primary N) is 1. The molecule has 16 heavy (non-hydrogen) atoms. The van der Waals surface area contributed by atoms with E-state index in [2.05, 4.69) is 33.1 Å². The molecule has 1 heterocycles. The third kappa shape index (κ3) is 1.59. The van der Waals surface area contributed by atoms with E-state index in [9.17, 15) is 0 Å². The van der Waals surface area contributed by atoms with Gasteiger partial charge in [0.15, 0.2) is 0 Å². The Balaban J connectivity index is 2.08. The molecule has 2 rings (SSSR count). The normalized spacial score (nSPS) is 24.3. The zero-order valence-electron chi connectivity index (χ0n) is 10.6. The van der Waals surface area contributed by atoms with Crippen molar-refractivity contribution in [2.45, 2.75) is 40.2 Å². The third-order valence-electron chi connectivity index (χ3n) is 4.75. The van der Waals surface area contributed by atoms with Crippen molar-refractivity contribution in [3.63, 3.8) is 0 Å². The van der Waals surface area contributed by atoms with Crippen LogP contribution >= 0.6 is 0 Å². The maximum atomic E-state index is 5.68. The van der Waals surface area contributed by atoms with Gasteiger partial charge in [-0.3, -0.25) is 11.3 Å². The Morgan fingerprint density at radius 1 is 1.38 bits per heavy atom. The van der Waals surface area contributed by atoms with Crippen molar-refractivity contribution in [3.8, 4) is 0 Å². The average molecular weight is 222 g/mol. The van der Waals surface area contributed by atoms with Crippen molar-refractivity contribution in [3.05, 3.63) is 24.2 Å². The van der Waals surface area contributed by atoms with E-state index in [-0.39, 0.29) is 6.04 Å². The Kier molecular flexibility index (Phi) is 2.63. The monoisotopic (exact) mass is 222 g/mol. The molecule has 1 unspecified atom stereocenters. The van der Waals surface area contributed by atoms with Gasteiger partial charge in [0, 0.05) is 12.5 Å². The van der Waals surface area contributed by atoms with Gasteiger partial charge < -0.3 is 4.42 Å². The highest BCUT2D eigenvalue weighted by Crippen LogP contribution is 2.69. The van der Waals surface area contributed by atoms with Crippen LogP contribution in [0.2, 0.25) is 0 Å². The molecule has 0 aliphatic heterocycles. The first-order chi connectivity index (χ1) is 7.41. The van der Waals surface area contributed by atoms with Gasteiger partial charge in [-0.05, 0) is 28.9 Å². The lowest BCUT2D eigenvalue weighted by Gasteiger charge is -2.16. The predicted molar refractivity (Wildman–Crippen MR) is 64.6 cm³/mol. The van der Waals surface area contributed by atoms with Crippen molar-refractivity contribution >= 4 is 0 Å². The van der Waals surface area contributed by atoms with Crippen molar-refractivity contribution < 1.29 is 4.42 Å². The number of hydrazine groups is 1. The lowest BCUT2D eigenvalue weighted by molar-refractivity contribution is 0.372. The van der Waals surface area contributed by atoms with Crippen LogP contribution in [0.5, 0.6) is 0 Å². The van der Waals surface area contributed by atoms with E-state index in [1.165, 1.54) is 0 Å². The summed E-state index contributed by atoms with van der Waals surface area (Å²) in [5.74, 6) is 7.27. The van der Waals surface area contributed by atoms with Gasteiger partial charge >= 0.3 is 0 Å². The Bertz CT molecular complexity index is 340. The summed E-state index contributed by atoms with van der Waals surface area (Å²) in [5, 5.41) is 0. The molecule has 0 bridgehead atoms. The highest BCUT2D eigenvalue weighted by atomic mass is 16.3. The van der Waals surface area contributed by atoms with Gasteiger partial charge in [-0.2, -0.15) is 0 Å². The molecule has 3 N–H and O–H groups in total. The summed E-state index contributed by atoms with van der Waals surface area (Å²) in [4.78, 5) is 0. The highest BCUT2D eigenvalue weighted by Gasteiger charge is 2.66. The molecule has 1 aliphatic carbocycles. The largest absolute Gasteiger partial charge is 0.469 e. The highest BCUT2D eigenvalue weighted by molar-refractivity contribution is 5.17. The summed E-state index contributed by atoms with van der Waals surface area (Å²) in [6.07, 6.45) is 2.58. The minimum atomic E-state index is 0.288. The second-order valence-corrected chi connectivity index (χ2v) is 5.98. The lowest BCUT2D eigenvalue weighted by Crippen LogP contribution is -2.40. The van der Waals surface area contributed by atoms with Crippen LogP contribution < -0.4 is 11.3 Å². The molecule has 1 saturated carbocycles. The van der Waals surface area contributed by atoms with Crippen LogP contribution in [-0.2, 0) is 6.42 Å². The van der Waals surface area contributed by atoms with Gasteiger partial charge in [0.1, 0.15) is 5.76 Å². The Hall–Kier alpha value is -0.800. The fraction of sp³-hybridized carbons (Fsp3) is 0.692. The van der Waals surface area contributed by atoms with E-state index < -0.39 is 0 Å². The fourth-order valence-corrected chi connectivity index (χ4v) is 3.17. The Labute approximate surface area is 97.4 Å². The molecular weight excluding hydrogens is 200 g/mol. The SMILES string of the molecule is CC1(C)C(C(Cc2ccco2)NN)C1(C)C. The molecule has 1 atom stereocenters.